The van der Waals surface area contributed by atoms with Crippen LogP contribution in [0.3, 0.4) is 0 Å². The second kappa shape index (κ2) is 9.99. The molecule has 0 aliphatic carbocycles. The third-order valence-electron chi connectivity index (χ3n) is 5.71. The molecule has 32 heavy (non-hydrogen) atoms. The van der Waals surface area contributed by atoms with E-state index >= 15 is 0 Å². The normalized spacial score (nSPS) is 15.0. The number of aromatic nitrogens is 2. The quantitative estimate of drug-likeness (QED) is 0.578. The second-order valence-corrected chi connectivity index (χ2v) is 8.08. The molecule has 0 saturated carbocycles. The highest BCUT2D eigenvalue weighted by atomic mass is 19.1. The number of amides is 1. The second-order valence-electron chi connectivity index (χ2n) is 8.08. The molecular weight excluding hydrogens is 414 g/mol. The van der Waals surface area contributed by atoms with Crippen LogP contribution in [0.25, 0.3) is 11.4 Å². The number of carbonyl (C=O) groups excluding carboxylic acids is 1. The number of benzene rings is 2. The molecule has 0 bridgehead atoms. The van der Waals surface area contributed by atoms with Gasteiger partial charge in [-0.05, 0) is 62.7 Å². The highest BCUT2D eigenvalue weighted by Crippen LogP contribution is 2.19. The molecule has 1 aliphatic rings. The Balaban J connectivity index is 1.26. The number of rotatable bonds is 6. The standard InChI is InChI=1S/C24H26F2N4O2/c1-17-8-9-18(16-21(17)26)23-27-22(32-28-23)7-3-10-29-11-4-12-30(14-13-29)24(31)19-5-2-6-20(25)15-19/h2,5-6,8-9,15-16H,3-4,7,10-14H2,1H3. The lowest BCUT2D eigenvalue weighted by Gasteiger charge is -2.22. The molecule has 0 spiro atoms. The molecule has 0 N–H and O–H groups in total. The lowest BCUT2D eigenvalue weighted by molar-refractivity contribution is 0.0761. The van der Waals surface area contributed by atoms with Crippen molar-refractivity contribution in [1.82, 2.24) is 19.9 Å². The van der Waals surface area contributed by atoms with Crippen LogP contribution in [0.4, 0.5) is 8.78 Å². The van der Waals surface area contributed by atoms with Gasteiger partial charge in [0.05, 0.1) is 0 Å². The summed E-state index contributed by atoms with van der Waals surface area (Å²) in [5, 5.41) is 3.96. The van der Waals surface area contributed by atoms with Crippen molar-refractivity contribution >= 4 is 5.91 Å². The first-order chi connectivity index (χ1) is 15.5. The molecule has 2 aromatic carbocycles. The van der Waals surface area contributed by atoms with Crippen molar-refractivity contribution in [2.45, 2.75) is 26.2 Å². The number of halogens is 2. The van der Waals surface area contributed by atoms with E-state index in [1.165, 1.54) is 18.2 Å². The van der Waals surface area contributed by atoms with E-state index in [0.29, 0.717) is 47.9 Å². The predicted molar refractivity (Wildman–Crippen MR) is 116 cm³/mol. The summed E-state index contributed by atoms with van der Waals surface area (Å²) in [7, 11) is 0. The molecule has 8 heteroatoms. The van der Waals surface area contributed by atoms with E-state index in [1.54, 1.807) is 36.1 Å². The molecule has 4 rings (SSSR count). The smallest absolute Gasteiger partial charge is 0.254 e. The Morgan fingerprint density at radius 2 is 1.97 bits per heavy atom. The molecule has 3 aromatic rings. The molecule has 1 fully saturated rings. The summed E-state index contributed by atoms with van der Waals surface area (Å²) in [6.07, 6.45) is 2.33. The number of hydrogen-bond donors (Lipinski definition) is 0. The number of aryl methyl sites for hydroxylation is 2. The average Bonchev–Trinajstić information content (AvgIpc) is 3.13. The Hall–Kier alpha value is -3.13. The van der Waals surface area contributed by atoms with Gasteiger partial charge in [0.2, 0.25) is 11.7 Å². The van der Waals surface area contributed by atoms with Gasteiger partial charge < -0.3 is 14.3 Å². The van der Waals surface area contributed by atoms with Crippen LogP contribution in [0.2, 0.25) is 0 Å². The van der Waals surface area contributed by atoms with Gasteiger partial charge >= 0.3 is 0 Å². The molecular formula is C24H26F2N4O2. The van der Waals surface area contributed by atoms with Crippen LogP contribution in [-0.4, -0.2) is 58.6 Å². The maximum absolute atomic E-state index is 13.8. The highest BCUT2D eigenvalue weighted by molar-refractivity contribution is 5.94. The van der Waals surface area contributed by atoms with Gasteiger partial charge in [-0.25, -0.2) is 8.78 Å². The monoisotopic (exact) mass is 440 g/mol. The minimum absolute atomic E-state index is 0.128. The summed E-state index contributed by atoms with van der Waals surface area (Å²) >= 11 is 0. The lowest BCUT2D eigenvalue weighted by Crippen LogP contribution is -2.35. The Bertz CT molecular complexity index is 1090. The molecule has 0 atom stereocenters. The van der Waals surface area contributed by atoms with Crippen molar-refractivity contribution < 1.29 is 18.1 Å². The average molecular weight is 440 g/mol. The molecule has 168 valence electrons. The largest absolute Gasteiger partial charge is 0.339 e. The fourth-order valence-corrected chi connectivity index (χ4v) is 3.86. The third kappa shape index (κ3) is 5.37. The van der Waals surface area contributed by atoms with E-state index in [4.69, 9.17) is 4.52 Å². The Morgan fingerprint density at radius 3 is 2.78 bits per heavy atom. The van der Waals surface area contributed by atoms with E-state index in [-0.39, 0.29) is 11.7 Å². The molecule has 0 radical (unpaired) electrons. The maximum Gasteiger partial charge on any atom is 0.254 e. The van der Waals surface area contributed by atoms with Crippen LogP contribution < -0.4 is 0 Å². The summed E-state index contributed by atoms with van der Waals surface area (Å²) in [5.74, 6) is 0.0973. The van der Waals surface area contributed by atoms with Crippen molar-refractivity contribution in [3.8, 4) is 11.4 Å². The summed E-state index contributed by atoms with van der Waals surface area (Å²) < 4.78 is 32.5. The Morgan fingerprint density at radius 1 is 1.09 bits per heavy atom. The first-order valence-electron chi connectivity index (χ1n) is 10.9. The number of nitrogens with zero attached hydrogens (tertiary/aromatic N) is 4. The molecule has 1 aliphatic heterocycles. The number of hydrogen-bond acceptors (Lipinski definition) is 5. The van der Waals surface area contributed by atoms with Crippen LogP contribution in [-0.2, 0) is 6.42 Å². The number of carbonyl (C=O) groups is 1. The van der Waals surface area contributed by atoms with Gasteiger partial charge in [0.1, 0.15) is 11.6 Å². The van der Waals surface area contributed by atoms with Gasteiger partial charge in [0.25, 0.3) is 5.91 Å². The van der Waals surface area contributed by atoms with E-state index in [9.17, 15) is 13.6 Å². The molecule has 1 aromatic heterocycles. The van der Waals surface area contributed by atoms with Crippen molar-refractivity contribution in [3.05, 3.63) is 71.1 Å². The summed E-state index contributed by atoms with van der Waals surface area (Å²) in [6.45, 7) is 5.48. The Labute approximate surface area is 185 Å². The lowest BCUT2D eigenvalue weighted by atomic mass is 10.1. The van der Waals surface area contributed by atoms with Gasteiger partial charge in [-0.1, -0.05) is 23.4 Å². The maximum atomic E-state index is 13.8. The van der Waals surface area contributed by atoms with E-state index in [1.807, 2.05) is 0 Å². The fraction of sp³-hybridized carbons (Fsp3) is 0.375. The van der Waals surface area contributed by atoms with E-state index in [0.717, 1.165) is 32.5 Å². The van der Waals surface area contributed by atoms with Crippen LogP contribution >= 0.6 is 0 Å². The molecule has 0 unspecified atom stereocenters. The summed E-state index contributed by atoms with van der Waals surface area (Å²) in [4.78, 5) is 21.1. The molecule has 6 nitrogen and oxygen atoms in total. The van der Waals surface area contributed by atoms with Crippen LogP contribution in [0.15, 0.2) is 47.0 Å². The van der Waals surface area contributed by atoms with Gasteiger partial charge in [0, 0.05) is 37.2 Å². The van der Waals surface area contributed by atoms with Gasteiger partial charge in [-0.2, -0.15) is 4.98 Å². The van der Waals surface area contributed by atoms with Crippen molar-refractivity contribution in [2.24, 2.45) is 0 Å². The molecule has 2 heterocycles. The Kier molecular flexibility index (Phi) is 6.90. The van der Waals surface area contributed by atoms with Crippen molar-refractivity contribution in [2.75, 3.05) is 32.7 Å². The minimum atomic E-state index is -0.399. The van der Waals surface area contributed by atoms with Crippen LogP contribution in [0.1, 0.15) is 34.7 Å². The zero-order valence-corrected chi connectivity index (χ0v) is 18.1. The van der Waals surface area contributed by atoms with Gasteiger partial charge in [-0.15, -0.1) is 0 Å². The van der Waals surface area contributed by atoms with Crippen molar-refractivity contribution in [3.63, 3.8) is 0 Å². The van der Waals surface area contributed by atoms with Crippen LogP contribution in [0.5, 0.6) is 0 Å². The third-order valence-corrected chi connectivity index (χ3v) is 5.71. The summed E-state index contributed by atoms with van der Waals surface area (Å²) in [6, 6.07) is 10.7. The topological polar surface area (TPSA) is 62.5 Å². The highest BCUT2D eigenvalue weighted by Gasteiger charge is 2.20. The molecule has 1 amide bonds. The fourth-order valence-electron chi connectivity index (χ4n) is 3.86. The van der Waals surface area contributed by atoms with E-state index < -0.39 is 5.82 Å². The minimum Gasteiger partial charge on any atom is -0.339 e. The molecule has 1 saturated heterocycles. The first kappa shape index (κ1) is 22.1. The SMILES string of the molecule is Cc1ccc(-c2noc(CCCN3CCCN(C(=O)c4cccc(F)c4)CC3)n2)cc1F. The zero-order chi connectivity index (χ0) is 22.5. The zero-order valence-electron chi connectivity index (χ0n) is 18.1. The van der Waals surface area contributed by atoms with Gasteiger partial charge in [0.15, 0.2) is 0 Å². The van der Waals surface area contributed by atoms with Gasteiger partial charge in [-0.3, -0.25) is 4.79 Å². The van der Waals surface area contributed by atoms with Crippen molar-refractivity contribution in [1.29, 1.82) is 0 Å². The predicted octanol–water partition coefficient (Wildman–Crippen LogP) is 4.10. The summed E-state index contributed by atoms with van der Waals surface area (Å²) in [5.41, 5.74) is 1.56. The van der Waals surface area contributed by atoms with Crippen LogP contribution in [0, 0.1) is 18.6 Å². The van der Waals surface area contributed by atoms with E-state index in [2.05, 4.69) is 15.0 Å². The first-order valence-corrected chi connectivity index (χ1v) is 10.9.